The minimum atomic E-state index is -1.72. The number of hydrogen-bond donors (Lipinski definition) is 12. The summed E-state index contributed by atoms with van der Waals surface area (Å²) in [5, 5.41) is 45.4. The number of nitrogens with one attached hydrogen (secondary N) is 9. The third-order valence-corrected chi connectivity index (χ3v) is 11.2. The van der Waals surface area contributed by atoms with Gasteiger partial charge in [-0.15, -0.1) is 0 Å². The number of aromatic hydroxyl groups is 1. The first kappa shape index (κ1) is 67.4. The van der Waals surface area contributed by atoms with Crippen LogP contribution in [0, 0.1) is 0 Å². The van der Waals surface area contributed by atoms with Gasteiger partial charge in [-0.1, -0.05) is 30.3 Å². The van der Waals surface area contributed by atoms with Crippen molar-refractivity contribution in [3.05, 3.63) is 53.6 Å². The third-order valence-electron chi connectivity index (χ3n) is 11.2. The second-order valence-corrected chi connectivity index (χ2v) is 23.5. The number of carbonyl (C=O) groups is 10. The molecule has 1 aliphatic rings. The van der Waals surface area contributed by atoms with E-state index in [1.807, 2.05) is 0 Å². The van der Waals surface area contributed by atoms with Crippen molar-refractivity contribution in [3.8, 4) is 16.9 Å². The van der Waals surface area contributed by atoms with Crippen LogP contribution < -0.4 is 53.6 Å². The summed E-state index contributed by atoms with van der Waals surface area (Å²) in [7, 11) is 0. The Morgan fingerprint density at radius 2 is 1.17 bits per heavy atom. The third kappa shape index (κ3) is 26.7. The lowest BCUT2D eigenvalue weighted by Gasteiger charge is -2.28. The summed E-state index contributed by atoms with van der Waals surface area (Å²) in [5.41, 5.74) is 3.67. The number of benzene rings is 2. The van der Waals surface area contributed by atoms with Gasteiger partial charge in [-0.05, 0) is 137 Å². The average molecular weight is 1140 g/mol. The lowest BCUT2D eigenvalue weighted by Crippen LogP contribution is -2.60. The molecule has 0 unspecified atom stereocenters. The van der Waals surface area contributed by atoms with Crippen LogP contribution in [0.5, 0.6) is 5.75 Å². The van der Waals surface area contributed by atoms with E-state index in [0.29, 0.717) is 16.7 Å². The SMILES string of the molecule is CC(C)(C)OC(=O)NCCC[C@@H](NC(=O)[C@@H]1Cc2cccc(c2)-c2ccc(O)c(c2)C[C@H](NC(=O)OC(C)(C)C)C(=O)N[C@@H](C[C@@H](O)CNC(=O)OC(C)(C)C)C(=O)N1)C(=O)N[C@H](CCC(N)=O)C(=O)NCCNC(=O)OC(C)(C)C. The van der Waals surface area contributed by atoms with Crippen molar-refractivity contribution in [1.29, 1.82) is 0 Å². The van der Waals surface area contributed by atoms with Gasteiger partial charge in [0.05, 0.1) is 6.10 Å². The van der Waals surface area contributed by atoms with Crippen molar-refractivity contribution in [2.75, 3.05) is 26.2 Å². The molecule has 0 fully saturated rings. The molecular formula is C55H84N10O16. The maximum atomic E-state index is 14.9. The highest BCUT2D eigenvalue weighted by Crippen LogP contribution is 2.29. The first-order valence-electron chi connectivity index (χ1n) is 26.7. The monoisotopic (exact) mass is 1140 g/mol. The molecule has 1 heterocycles. The van der Waals surface area contributed by atoms with Gasteiger partial charge in [0.2, 0.25) is 35.4 Å². The quantitative estimate of drug-likeness (QED) is 0.0669. The zero-order valence-electron chi connectivity index (χ0n) is 48.5. The molecule has 2 aromatic rings. The van der Waals surface area contributed by atoms with Crippen molar-refractivity contribution in [2.24, 2.45) is 5.73 Å². The second kappa shape index (κ2) is 30.1. The van der Waals surface area contributed by atoms with Gasteiger partial charge >= 0.3 is 24.4 Å². The number of aliphatic hydroxyl groups is 1. The Hall–Kier alpha value is -7.90. The van der Waals surface area contributed by atoms with Crippen LogP contribution in [0.1, 0.15) is 126 Å². The minimum absolute atomic E-state index is 0.0294. The van der Waals surface area contributed by atoms with Crippen LogP contribution in [0.25, 0.3) is 11.1 Å². The zero-order chi connectivity index (χ0) is 61.0. The fourth-order valence-corrected chi connectivity index (χ4v) is 7.74. The molecule has 3 rings (SSSR count). The maximum Gasteiger partial charge on any atom is 0.408 e. The van der Waals surface area contributed by atoms with E-state index in [1.54, 1.807) is 119 Å². The Morgan fingerprint density at radius 1 is 0.630 bits per heavy atom. The van der Waals surface area contributed by atoms with E-state index in [4.69, 9.17) is 24.7 Å². The van der Waals surface area contributed by atoms with Gasteiger partial charge in [0.1, 0.15) is 58.4 Å². The van der Waals surface area contributed by atoms with E-state index in [1.165, 1.54) is 6.07 Å². The summed E-state index contributed by atoms with van der Waals surface area (Å²) >= 11 is 0. The molecule has 26 nitrogen and oxygen atoms in total. The van der Waals surface area contributed by atoms with Crippen molar-refractivity contribution >= 4 is 59.8 Å². The first-order chi connectivity index (χ1) is 37.5. The number of nitrogens with two attached hydrogens (primary N) is 1. The van der Waals surface area contributed by atoms with Crippen molar-refractivity contribution in [1.82, 2.24) is 47.9 Å². The summed E-state index contributed by atoms with van der Waals surface area (Å²) in [5.74, 6) is -5.72. The number of amides is 10. The normalized spacial score (nSPS) is 17.0. The van der Waals surface area contributed by atoms with Gasteiger partial charge in [-0.25, -0.2) is 19.2 Å². The van der Waals surface area contributed by atoms with Crippen molar-refractivity contribution < 1.29 is 77.1 Å². The molecule has 0 saturated carbocycles. The van der Waals surface area contributed by atoms with Crippen LogP contribution >= 0.6 is 0 Å². The van der Waals surface area contributed by atoms with Gasteiger partial charge < -0.3 is 82.7 Å². The number of carbonyl (C=O) groups excluding carboxylic acids is 10. The number of phenolic OH excluding ortho intramolecular Hbond substituents is 1. The molecule has 0 saturated heterocycles. The van der Waals surface area contributed by atoms with Crippen LogP contribution in [0.2, 0.25) is 0 Å². The zero-order valence-corrected chi connectivity index (χ0v) is 48.5. The highest BCUT2D eigenvalue weighted by atomic mass is 16.6. The van der Waals surface area contributed by atoms with E-state index < -0.39 is 131 Å². The van der Waals surface area contributed by atoms with Crippen molar-refractivity contribution in [2.45, 2.75) is 187 Å². The summed E-state index contributed by atoms with van der Waals surface area (Å²) in [6, 6.07) is 3.65. The molecule has 0 radical (unpaired) electrons. The van der Waals surface area contributed by atoms with E-state index >= 15 is 0 Å². The van der Waals surface area contributed by atoms with Gasteiger partial charge in [-0.2, -0.15) is 0 Å². The molecule has 10 amide bonds. The summed E-state index contributed by atoms with van der Waals surface area (Å²) in [4.78, 5) is 135. The maximum absolute atomic E-state index is 14.9. The topological polar surface area (TPSA) is 382 Å². The van der Waals surface area contributed by atoms with E-state index in [-0.39, 0.29) is 69.5 Å². The first-order valence-corrected chi connectivity index (χ1v) is 26.7. The van der Waals surface area contributed by atoms with Crippen LogP contribution in [0.15, 0.2) is 42.5 Å². The summed E-state index contributed by atoms with van der Waals surface area (Å²) < 4.78 is 21.3. The molecule has 0 aliphatic carbocycles. The average Bonchev–Trinajstić information content (AvgIpc) is 3.31. The number of ether oxygens (including phenoxy) is 4. The summed E-state index contributed by atoms with van der Waals surface area (Å²) in [6.07, 6.45) is -6.99. The largest absolute Gasteiger partial charge is 0.508 e. The molecular weight excluding hydrogens is 1060 g/mol. The second-order valence-electron chi connectivity index (χ2n) is 23.5. The van der Waals surface area contributed by atoms with Gasteiger partial charge in [0.25, 0.3) is 0 Å². The van der Waals surface area contributed by atoms with E-state index in [2.05, 4.69) is 47.9 Å². The van der Waals surface area contributed by atoms with E-state index in [9.17, 15) is 58.2 Å². The highest BCUT2D eigenvalue weighted by molar-refractivity contribution is 5.96. The smallest absolute Gasteiger partial charge is 0.408 e. The Balaban J connectivity index is 2.13. The Morgan fingerprint density at radius 3 is 1.77 bits per heavy atom. The highest BCUT2D eigenvalue weighted by Gasteiger charge is 2.35. The Labute approximate surface area is 472 Å². The molecule has 0 aromatic heterocycles. The number of phenols is 1. The fraction of sp³-hybridized carbons (Fsp3) is 0.600. The molecule has 2 aromatic carbocycles. The van der Waals surface area contributed by atoms with E-state index in [0.717, 1.165) is 0 Å². The standard InChI is InChI=1S/C55H84N10O16/c1-52(2,3)78-48(74)58-22-14-17-36(44(70)62-37(19-21-42(56)68)43(69)57-23-24-59-49(75)79-53(4,5)6)61-45(71)38-26-31-15-13-16-32(25-31)33-18-20-41(67)34(27-33)28-39(65-51(77)81-55(10,11)12)46(72)64-40(47(73)63-38)29-35(66)30-60-50(76)80-54(7,8)9/h13,15-16,18,20,25,27,35-40,66-67H,14,17,19,21-24,26,28-30H2,1-12H3,(H2,56,68)(H,57,69)(H,58,74)(H,59,75)(H,60,76)(H,61,71)(H,62,70)(H,63,73)(H,64,72)(H,65,77)/t35-,36-,37-,38+,39+,40+/m1/s1. The lowest BCUT2D eigenvalue weighted by atomic mass is 9.95. The van der Waals surface area contributed by atoms with Crippen molar-refractivity contribution in [3.63, 3.8) is 0 Å². The number of fused-ring (bicyclic) bond motifs is 5. The molecule has 4 bridgehead atoms. The molecule has 26 heteroatoms. The number of hydrogen-bond acceptors (Lipinski definition) is 16. The van der Waals surface area contributed by atoms with Crippen LogP contribution in [0.3, 0.4) is 0 Å². The number of aliphatic hydroxyl groups excluding tert-OH is 1. The van der Waals surface area contributed by atoms with Gasteiger partial charge in [-0.3, -0.25) is 28.8 Å². The predicted octanol–water partition coefficient (Wildman–Crippen LogP) is 2.48. The van der Waals surface area contributed by atoms with Gasteiger partial charge in [0.15, 0.2) is 0 Å². The predicted molar refractivity (Wildman–Crippen MR) is 296 cm³/mol. The molecule has 81 heavy (non-hydrogen) atoms. The summed E-state index contributed by atoms with van der Waals surface area (Å²) in [6.45, 7) is 18.9. The Kier molecular flexibility index (Phi) is 25.0. The van der Waals surface area contributed by atoms with Crippen LogP contribution in [-0.4, -0.2) is 155 Å². The van der Waals surface area contributed by atoms with Crippen LogP contribution in [-0.2, 0) is 60.6 Å². The number of primary amides is 1. The van der Waals surface area contributed by atoms with Crippen LogP contribution in [0.4, 0.5) is 19.2 Å². The fourth-order valence-electron chi connectivity index (χ4n) is 7.74. The van der Waals surface area contributed by atoms with Gasteiger partial charge in [0, 0.05) is 51.9 Å². The molecule has 13 N–H and O–H groups in total. The molecule has 6 atom stereocenters. The Bertz CT molecular complexity index is 2550. The number of rotatable bonds is 20. The molecule has 1 aliphatic heterocycles. The molecule has 0 spiro atoms. The minimum Gasteiger partial charge on any atom is -0.508 e. The molecule has 450 valence electrons. The number of alkyl carbamates (subject to hydrolysis) is 4. The lowest BCUT2D eigenvalue weighted by molar-refractivity contribution is -0.135.